The Bertz CT molecular complexity index is 512. The molecule has 2 N–H and O–H groups in total. The monoisotopic (exact) mass is 343 g/mol. The number of hydrazone groups is 1. The summed E-state index contributed by atoms with van der Waals surface area (Å²) in [7, 11) is 1.23. The average molecular weight is 343 g/mol. The third-order valence-corrected chi connectivity index (χ3v) is 3.03. The van der Waals surface area contributed by atoms with Gasteiger partial charge in [-0.05, 0) is 27.7 Å². The van der Waals surface area contributed by atoms with E-state index in [1.165, 1.54) is 7.11 Å². The van der Waals surface area contributed by atoms with Crippen LogP contribution in [0.2, 0.25) is 0 Å². The summed E-state index contributed by atoms with van der Waals surface area (Å²) in [4.78, 5) is 35.4. The molecule has 0 aromatic carbocycles. The van der Waals surface area contributed by atoms with E-state index in [4.69, 9.17) is 14.2 Å². The molecule has 0 bridgehead atoms. The maximum absolute atomic E-state index is 11.9. The highest BCUT2D eigenvalue weighted by atomic mass is 16.6. The Morgan fingerprint density at radius 1 is 1.38 bits per heavy atom. The van der Waals surface area contributed by atoms with Crippen LogP contribution in [0.15, 0.2) is 5.10 Å². The van der Waals surface area contributed by atoms with E-state index in [0.717, 1.165) is 0 Å². The molecule has 0 aliphatic carbocycles. The molecule has 1 rings (SSSR count). The van der Waals surface area contributed by atoms with Crippen molar-refractivity contribution in [3.05, 3.63) is 0 Å². The molecule has 0 spiro atoms. The van der Waals surface area contributed by atoms with Gasteiger partial charge in [-0.2, -0.15) is 5.10 Å². The van der Waals surface area contributed by atoms with Crippen LogP contribution in [0, 0.1) is 0 Å². The molecular formula is C15H25N3O6. The first-order chi connectivity index (χ1) is 11.2. The Kier molecular flexibility index (Phi) is 6.99. The third kappa shape index (κ3) is 6.43. The molecular weight excluding hydrogens is 318 g/mol. The highest BCUT2D eigenvalue weighted by molar-refractivity contribution is 6.36. The van der Waals surface area contributed by atoms with Gasteiger partial charge in [-0.25, -0.2) is 14.4 Å². The van der Waals surface area contributed by atoms with Crippen LogP contribution in [0.5, 0.6) is 0 Å². The van der Waals surface area contributed by atoms with Gasteiger partial charge >= 0.3 is 18.0 Å². The molecule has 0 aromatic rings. The summed E-state index contributed by atoms with van der Waals surface area (Å²) in [5.41, 5.74) is 2.33. The van der Waals surface area contributed by atoms with E-state index >= 15 is 0 Å². The molecule has 0 saturated heterocycles. The second-order valence-electron chi connectivity index (χ2n) is 6.27. The SMILES string of the molecule is CCOC(=O)C1=NN[C@H](C[C@@H](NC(=O)OC(C)(C)C)C(=O)OC)C1. The first-order valence-corrected chi connectivity index (χ1v) is 7.72. The van der Waals surface area contributed by atoms with E-state index in [-0.39, 0.29) is 24.8 Å². The summed E-state index contributed by atoms with van der Waals surface area (Å²) >= 11 is 0. The Morgan fingerprint density at radius 2 is 2.04 bits per heavy atom. The first-order valence-electron chi connectivity index (χ1n) is 7.72. The van der Waals surface area contributed by atoms with E-state index in [2.05, 4.69) is 15.8 Å². The molecule has 0 fully saturated rings. The number of carbonyl (C=O) groups is 3. The topological polar surface area (TPSA) is 115 Å². The fourth-order valence-electron chi connectivity index (χ4n) is 2.06. The minimum absolute atomic E-state index is 0.193. The molecule has 0 radical (unpaired) electrons. The summed E-state index contributed by atoms with van der Waals surface area (Å²) in [5.74, 6) is -1.10. The van der Waals surface area contributed by atoms with Gasteiger partial charge in [-0.3, -0.25) is 0 Å². The van der Waals surface area contributed by atoms with Gasteiger partial charge < -0.3 is 25.0 Å². The van der Waals surface area contributed by atoms with Gasteiger partial charge in [0.25, 0.3) is 0 Å². The Hall–Kier alpha value is -2.32. The fourth-order valence-corrected chi connectivity index (χ4v) is 2.06. The number of nitrogens with one attached hydrogen (secondary N) is 2. The molecule has 1 heterocycles. The molecule has 1 amide bonds. The molecule has 2 atom stereocenters. The predicted molar refractivity (Wildman–Crippen MR) is 85.4 cm³/mol. The second-order valence-corrected chi connectivity index (χ2v) is 6.27. The van der Waals surface area contributed by atoms with Crippen molar-refractivity contribution in [1.29, 1.82) is 0 Å². The summed E-state index contributed by atoms with van der Waals surface area (Å²) in [5, 5.41) is 6.39. The zero-order valence-corrected chi connectivity index (χ0v) is 14.7. The number of carbonyl (C=O) groups excluding carboxylic acids is 3. The molecule has 0 unspecified atom stereocenters. The van der Waals surface area contributed by atoms with E-state index < -0.39 is 29.7 Å². The normalized spacial score (nSPS) is 18.0. The zero-order valence-electron chi connectivity index (χ0n) is 14.7. The Balaban J connectivity index is 2.61. The molecule has 0 aromatic heterocycles. The highest BCUT2D eigenvalue weighted by Gasteiger charge is 2.32. The Morgan fingerprint density at radius 3 is 2.58 bits per heavy atom. The van der Waals surface area contributed by atoms with E-state index in [9.17, 15) is 14.4 Å². The van der Waals surface area contributed by atoms with Crippen molar-refractivity contribution in [3.8, 4) is 0 Å². The number of esters is 2. The van der Waals surface area contributed by atoms with Gasteiger partial charge in [0.2, 0.25) is 0 Å². The van der Waals surface area contributed by atoms with Crippen LogP contribution in [0.3, 0.4) is 0 Å². The molecule has 1 aliphatic rings. The Labute approximate surface area is 141 Å². The van der Waals surface area contributed by atoms with Gasteiger partial charge in [-0.15, -0.1) is 0 Å². The molecule has 1 aliphatic heterocycles. The lowest BCUT2D eigenvalue weighted by atomic mass is 10.0. The largest absolute Gasteiger partial charge is 0.467 e. The van der Waals surface area contributed by atoms with Gasteiger partial charge in [0.05, 0.1) is 19.8 Å². The highest BCUT2D eigenvalue weighted by Crippen LogP contribution is 2.13. The number of rotatable bonds is 6. The van der Waals surface area contributed by atoms with Gasteiger partial charge in [0.1, 0.15) is 17.4 Å². The van der Waals surface area contributed by atoms with Crippen LogP contribution in [0.4, 0.5) is 4.79 Å². The van der Waals surface area contributed by atoms with Crippen molar-refractivity contribution in [2.24, 2.45) is 5.10 Å². The van der Waals surface area contributed by atoms with Crippen molar-refractivity contribution >= 4 is 23.7 Å². The van der Waals surface area contributed by atoms with Gasteiger partial charge in [0.15, 0.2) is 0 Å². The van der Waals surface area contributed by atoms with Crippen LogP contribution in [0.1, 0.15) is 40.5 Å². The summed E-state index contributed by atoms with van der Waals surface area (Å²) < 4.78 is 14.7. The molecule has 9 nitrogen and oxygen atoms in total. The minimum atomic E-state index is -0.918. The molecule has 0 saturated carbocycles. The number of hydrogen-bond acceptors (Lipinski definition) is 8. The smallest absolute Gasteiger partial charge is 0.408 e. The van der Waals surface area contributed by atoms with Gasteiger partial charge in [0, 0.05) is 12.8 Å². The van der Waals surface area contributed by atoms with Crippen LogP contribution in [-0.4, -0.2) is 55.1 Å². The van der Waals surface area contributed by atoms with E-state index in [1.54, 1.807) is 27.7 Å². The van der Waals surface area contributed by atoms with Crippen molar-refractivity contribution < 1.29 is 28.6 Å². The number of nitrogens with zero attached hydrogens (tertiary/aromatic N) is 1. The quantitative estimate of drug-likeness (QED) is 0.539. The lowest BCUT2D eigenvalue weighted by molar-refractivity contribution is -0.143. The van der Waals surface area contributed by atoms with Crippen LogP contribution in [0.25, 0.3) is 0 Å². The summed E-state index contributed by atoms with van der Waals surface area (Å²) in [6.07, 6.45) is -0.233. The van der Waals surface area contributed by atoms with Crippen molar-refractivity contribution in [2.75, 3.05) is 13.7 Å². The number of amides is 1. The molecule has 24 heavy (non-hydrogen) atoms. The lowest BCUT2D eigenvalue weighted by Crippen LogP contribution is -2.46. The van der Waals surface area contributed by atoms with Gasteiger partial charge in [-0.1, -0.05) is 0 Å². The summed E-state index contributed by atoms with van der Waals surface area (Å²) in [6, 6.07) is -1.22. The van der Waals surface area contributed by atoms with Crippen molar-refractivity contribution in [2.45, 2.75) is 58.2 Å². The number of hydrogen-bond donors (Lipinski definition) is 2. The lowest BCUT2D eigenvalue weighted by Gasteiger charge is -2.23. The third-order valence-electron chi connectivity index (χ3n) is 3.03. The number of ether oxygens (including phenoxy) is 3. The standard InChI is InChI=1S/C15H25N3O6/c1-6-23-13(20)11-8-9(17-18-11)7-10(12(19)22-5)16-14(21)24-15(2,3)4/h9-10,17H,6-8H2,1-5H3,(H,16,21)/t9-,10-/m1/s1. The molecule has 9 heteroatoms. The van der Waals surface area contributed by atoms with Crippen molar-refractivity contribution in [3.63, 3.8) is 0 Å². The number of methoxy groups -OCH3 is 1. The second kappa shape index (κ2) is 8.51. The minimum Gasteiger partial charge on any atom is -0.467 e. The molecule has 136 valence electrons. The first kappa shape index (κ1) is 19.7. The van der Waals surface area contributed by atoms with Crippen LogP contribution < -0.4 is 10.7 Å². The maximum Gasteiger partial charge on any atom is 0.408 e. The summed E-state index contributed by atoms with van der Waals surface area (Å²) in [6.45, 7) is 7.12. The van der Waals surface area contributed by atoms with Crippen LogP contribution >= 0.6 is 0 Å². The van der Waals surface area contributed by atoms with E-state index in [1.807, 2.05) is 0 Å². The average Bonchev–Trinajstić information content (AvgIpc) is 2.92. The predicted octanol–water partition coefficient (Wildman–Crippen LogP) is 0.724. The number of alkyl carbamates (subject to hydrolysis) is 1. The maximum atomic E-state index is 11.9. The fraction of sp³-hybridized carbons (Fsp3) is 0.733. The van der Waals surface area contributed by atoms with Crippen LogP contribution in [-0.2, 0) is 23.8 Å². The zero-order chi connectivity index (χ0) is 18.3. The van der Waals surface area contributed by atoms with Crippen molar-refractivity contribution in [1.82, 2.24) is 10.7 Å². The van der Waals surface area contributed by atoms with E-state index in [0.29, 0.717) is 6.42 Å².